The first kappa shape index (κ1) is 15.3. The maximum atomic E-state index is 12.4. The van der Waals surface area contributed by atoms with E-state index in [9.17, 15) is 8.42 Å². The molecule has 0 bridgehead atoms. The SMILES string of the molecule is Cc1cc(N)ccc1S(=O)(=O)NCC1(C)CCCCC1. The van der Waals surface area contributed by atoms with Crippen molar-refractivity contribution in [1.29, 1.82) is 0 Å². The molecule has 3 N–H and O–H groups in total. The molecule has 0 radical (unpaired) electrons. The van der Waals surface area contributed by atoms with Gasteiger partial charge in [-0.1, -0.05) is 26.2 Å². The normalized spacial score (nSPS) is 18.9. The minimum absolute atomic E-state index is 0.0903. The zero-order valence-electron chi connectivity index (χ0n) is 12.3. The summed E-state index contributed by atoms with van der Waals surface area (Å²) in [5.74, 6) is 0. The molecule has 0 spiro atoms. The lowest BCUT2D eigenvalue weighted by atomic mass is 9.76. The Kier molecular flexibility index (Phi) is 4.39. The van der Waals surface area contributed by atoms with E-state index < -0.39 is 10.0 Å². The summed E-state index contributed by atoms with van der Waals surface area (Å²) in [5.41, 5.74) is 7.03. The number of sulfonamides is 1. The number of nitrogen functional groups attached to an aromatic ring is 1. The van der Waals surface area contributed by atoms with E-state index >= 15 is 0 Å². The van der Waals surface area contributed by atoms with Gasteiger partial charge in [0.25, 0.3) is 0 Å². The van der Waals surface area contributed by atoms with Gasteiger partial charge in [0, 0.05) is 12.2 Å². The van der Waals surface area contributed by atoms with Crippen molar-refractivity contribution in [3.05, 3.63) is 23.8 Å². The quantitative estimate of drug-likeness (QED) is 0.839. The van der Waals surface area contributed by atoms with Gasteiger partial charge in [0.15, 0.2) is 0 Å². The molecule has 112 valence electrons. The van der Waals surface area contributed by atoms with Crippen LogP contribution in [0.2, 0.25) is 0 Å². The van der Waals surface area contributed by atoms with Gasteiger partial charge in [0.2, 0.25) is 10.0 Å². The molecule has 20 heavy (non-hydrogen) atoms. The Balaban J connectivity index is 2.11. The minimum Gasteiger partial charge on any atom is -0.399 e. The van der Waals surface area contributed by atoms with Crippen LogP contribution in [0.4, 0.5) is 5.69 Å². The van der Waals surface area contributed by atoms with Gasteiger partial charge in [0.1, 0.15) is 0 Å². The van der Waals surface area contributed by atoms with Crippen LogP contribution in [0.15, 0.2) is 23.1 Å². The van der Waals surface area contributed by atoms with Gasteiger partial charge < -0.3 is 5.73 Å². The highest BCUT2D eigenvalue weighted by Crippen LogP contribution is 2.35. The number of hydrogen-bond acceptors (Lipinski definition) is 3. The average molecular weight is 296 g/mol. The van der Waals surface area contributed by atoms with E-state index in [0.717, 1.165) is 12.8 Å². The van der Waals surface area contributed by atoms with Crippen molar-refractivity contribution in [2.24, 2.45) is 5.41 Å². The van der Waals surface area contributed by atoms with E-state index in [-0.39, 0.29) is 5.41 Å². The number of benzene rings is 1. The molecule has 1 aromatic rings. The minimum atomic E-state index is -3.45. The molecule has 1 aliphatic carbocycles. The van der Waals surface area contributed by atoms with Crippen molar-refractivity contribution in [3.63, 3.8) is 0 Å². The van der Waals surface area contributed by atoms with Gasteiger partial charge in [-0.2, -0.15) is 0 Å². The Hall–Kier alpha value is -1.07. The molecule has 0 unspecified atom stereocenters. The molecular weight excluding hydrogens is 272 g/mol. The number of aryl methyl sites for hydroxylation is 1. The number of rotatable bonds is 4. The van der Waals surface area contributed by atoms with Gasteiger partial charge in [-0.05, 0) is 48.9 Å². The first-order valence-corrected chi connectivity index (χ1v) is 8.67. The van der Waals surface area contributed by atoms with Crippen LogP contribution in [0.3, 0.4) is 0 Å². The summed E-state index contributed by atoms with van der Waals surface area (Å²) in [6.07, 6.45) is 5.84. The van der Waals surface area contributed by atoms with Crippen LogP contribution >= 0.6 is 0 Å². The maximum absolute atomic E-state index is 12.4. The number of nitrogens with one attached hydrogen (secondary N) is 1. The lowest BCUT2D eigenvalue weighted by Crippen LogP contribution is -2.37. The fourth-order valence-electron chi connectivity index (χ4n) is 2.90. The summed E-state index contributed by atoms with van der Waals surface area (Å²) in [7, 11) is -3.45. The van der Waals surface area contributed by atoms with Crippen LogP contribution in [0.1, 0.15) is 44.6 Å². The molecule has 0 heterocycles. The molecule has 0 aromatic heterocycles. The summed E-state index contributed by atoms with van der Waals surface area (Å²) in [6, 6.07) is 4.90. The highest BCUT2D eigenvalue weighted by Gasteiger charge is 2.29. The zero-order valence-corrected chi connectivity index (χ0v) is 13.1. The van der Waals surface area contributed by atoms with Gasteiger partial charge in [-0.15, -0.1) is 0 Å². The molecular formula is C15H24N2O2S. The first-order valence-electron chi connectivity index (χ1n) is 7.18. The van der Waals surface area contributed by atoms with Crippen molar-refractivity contribution in [1.82, 2.24) is 4.72 Å². The Labute approximate surface area is 121 Å². The fourth-order valence-corrected chi connectivity index (χ4v) is 4.33. The van der Waals surface area contributed by atoms with Crippen molar-refractivity contribution in [2.75, 3.05) is 12.3 Å². The highest BCUT2D eigenvalue weighted by atomic mass is 32.2. The Bertz CT molecular complexity index is 576. The molecule has 0 atom stereocenters. The van der Waals surface area contributed by atoms with Crippen molar-refractivity contribution < 1.29 is 8.42 Å². The third-order valence-electron chi connectivity index (χ3n) is 4.24. The predicted molar refractivity (Wildman–Crippen MR) is 82.0 cm³/mol. The van der Waals surface area contributed by atoms with E-state index in [4.69, 9.17) is 5.73 Å². The first-order chi connectivity index (χ1) is 9.32. The summed E-state index contributed by atoms with van der Waals surface area (Å²) in [5, 5.41) is 0. The zero-order chi connectivity index (χ0) is 14.8. The van der Waals surface area contributed by atoms with Gasteiger partial charge in [-0.3, -0.25) is 0 Å². The van der Waals surface area contributed by atoms with Crippen molar-refractivity contribution >= 4 is 15.7 Å². The molecule has 5 heteroatoms. The predicted octanol–water partition coefficient (Wildman–Crippen LogP) is 2.83. The third kappa shape index (κ3) is 3.52. The summed E-state index contributed by atoms with van der Waals surface area (Å²) in [4.78, 5) is 0.325. The van der Waals surface area contributed by atoms with Crippen LogP contribution in [-0.4, -0.2) is 15.0 Å². The van der Waals surface area contributed by atoms with E-state index in [0.29, 0.717) is 22.7 Å². The highest BCUT2D eigenvalue weighted by molar-refractivity contribution is 7.89. The van der Waals surface area contributed by atoms with Crippen LogP contribution in [0.5, 0.6) is 0 Å². The molecule has 4 nitrogen and oxygen atoms in total. The summed E-state index contributed by atoms with van der Waals surface area (Å²) < 4.78 is 27.6. The summed E-state index contributed by atoms with van der Waals surface area (Å²) >= 11 is 0. The monoisotopic (exact) mass is 296 g/mol. The molecule has 1 fully saturated rings. The number of anilines is 1. The molecule has 2 rings (SSSR count). The van der Waals surface area contributed by atoms with E-state index in [1.165, 1.54) is 19.3 Å². The average Bonchev–Trinajstić information content (AvgIpc) is 2.37. The molecule has 1 aliphatic rings. The second kappa shape index (κ2) is 5.74. The molecule has 1 saturated carbocycles. The molecule has 1 aromatic carbocycles. The molecule has 0 amide bonds. The van der Waals surface area contributed by atoms with E-state index in [1.807, 2.05) is 0 Å². The van der Waals surface area contributed by atoms with Crippen LogP contribution in [0.25, 0.3) is 0 Å². The van der Waals surface area contributed by atoms with Gasteiger partial charge in [-0.25, -0.2) is 13.1 Å². The second-order valence-corrected chi connectivity index (χ2v) is 7.96. The van der Waals surface area contributed by atoms with Crippen molar-refractivity contribution in [3.8, 4) is 0 Å². The van der Waals surface area contributed by atoms with Crippen LogP contribution < -0.4 is 10.5 Å². The fraction of sp³-hybridized carbons (Fsp3) is 0.600. The number of nitrogens with two attached hydrogens (primary N) is 1. The Morgan fingerprint density at radius 2 is 1.90 bits per heavy atom. The second-order valence-electron chi connectivity index (χ2n) is 6.22. The largest absolute Gasteiger partial charge is 0.399 e. The standard InChI is InChI=1S/C15H24N2O2S/c1-12-10-13(16)6-7-14(12)20(18,19)17-11-15(2)8-4-3-5-9-15/h6-7,10,17H,3-5,8-9,11,16H2,1-2H3. The third-order valence-corrected chi connectivity index (χ3v) is 5.80. The maximum Gasteiger partial charge on any atom is 0.240 e. The van der Waals surface area contributed by atoms with Gasteiger partial charge >= 0.3 is 0 Å². The molecule has 0 aliphatic heterocycles. The van der Waals surface area contributed by atoms with Crippen molar-refractivity contribution in [2.45, 2.75) is 50.8 Å². The lowest BCUT2D eigenvalue weighted by Gasteiger charge is -2.33. The van der Waals surface area contributed by atoms with E-state index in [1.54, 1.807) is 25.1 Å². The Morgan fingerprint density at radius 3 is 2.50 bits per heavy atom. The van der Waals surface area contributed by atoms with Crippen LogP contribution in [0, 0.1) is 12.3 Å². The van der Waals surface area contributed by atoms with E-state index in [2.05, 4.69) is 11.6 Å². The smallest absolute Gasteiger partial charge is 0.240 e. The van der Waals surface area contributed by atoms with Gasteiger partial charge in [0.05, 0.1) is 4.90 Å². The molecule has 0 saturated heterocycles. The Morgan fingerprint density at radius 1 is 1.25 bits per heavy atom. The lowest BCUT2D eigenvalue weighted by molar-refractivity contribution is 0.219. The summed E-state index contributed by atoms with van der Waals surface area (Å²) in [6.45, 7) is 4.46. The number of hydrogen-bond donors (Lipinski definition) is 2. The van der Waals surface area contributed by atoms with Crippen LogP contribution in [-0.2, 0) is 10.0 Å². The topological polar surface area (TPSA) is 72.2 Å².